The van der Waals surface area contributed by atoms with Crippen LogP contribution in [0.3, 0.4) is 0 Å². The van der Waals surface area contributed by atoms with Gasteiger partial charge >= 0.3 is 5.97 Å². The van der Waals surface area contributed by atoms with Crippen molar-refractivity contribution in [2.45, 2.75) is 33.6 Å². The molecule has 4 aromatic rings. The molecule has 0 aliphatic carbocycles. The van der Waals surface area contributed by atoms with Crippen LogP contribution in [-0.4, -0.2) is 43.0 Å². The van der Waals surface area contributed by atoms with Crippen molar-refractivity contribution >= 4 is 71.2 Å². The molecule has 0 saturated carbocycles. The Morgan fingerprint density at radius 1 is 1.00 bits per heavy atom. The molecule has 12 heteroatoms. The Bertz CT molecular complexity index is 1560. The number of anilines is 1. The number of thiophene rings is 1. The lowest BCUT2D eigenvalue weighted by Gasteiger charge is -2.23. The maximum atomic E-state index is 11.4. The van der Waals surface area contributed by atoms with Gasteiger partial charge in [0.25, 0.3) is 0 Å². The van der Waals surface area contributed by atoms with Gasteiger partial charge in [-0.05, 0) is 67.9 Å². The second-order valence-electron chi connectivity index (χ2n) is 9.06. The first-order chi connectivity index (χ1) is 20.4. The van der Waals surface area contributed by atoms with Gasteiger partial charge in [0.2, 0.25) is 5.13 Å². The van der Waals surface area contributed by atoms with Crippen molar-refractivity contribution < 1.29 is 19.1 Å². The number of fused-ring (bicyclic) bond motifs is 1. The average molecular weight is 605 g/mol. The molecule has 4 rings (SSSR count). The lowest BCUT2D eigenvalue weighted by molar-refractivity contribution is -0.137. The zero-order valence-corrected chi connectivity index (χ0v) is 25.4. The third-order valence-corrected chi connectivity index (χ3v) is 8.08. The molecule has 2 heterocycles. The van der Waals surface area contributed by atoms with Crippen molar-refractivity contribution in [3.63, 3.8) is 0 Å². The van der Waals surface area contributed by atoms with E-state index in [0.29, 0.717) is 42.6 Å². The van der Waals surface area contributed by atoms with Crippen LogP contribution >= 0.6 is 22.7 Å². The predicted molar refractivity (Wildman–Crippen MR) is 168 cm³/mol. The van der Waals surface area contributed by atoms with Crippen LogP contribution < -0.4 is 9.64 Å². The molecule has 0 bridgehead atoms. The molecule has 0 amide bonds. The first-order valence-electron chi connectivity index (χ1n) is 13.5. The van der Waals surface area contributed by atoms with Gasteiger partial charge in [-0.3, -0.25) is 4.79 Å². The fraction of sp³-hybridized carbons (Fsp3) is 0.300. The van der Waals surface area contributed by atoms with Crippen LogP contribution in [-0.2, 0) is 14.3 Å². The van der Waals surface area contributed by atoms with E-state index in [9.17, 15) is 9.59 Å². The number of carbonyl (C=O) groups excluding carboxylic acids is 2. The lowest BCUT2D eigenvalue weighted by atomic mass is 10.1. The van der Waals surface area contributed by atoms with E-state index in [1.165, 1.54) is 22.7 Å². The van der Waals surface area contributed by atoms with E-state index in [-0.39, 0.29) is 12.4 Å². The molecular weight excluding hydrogens is 573 g/mol. The maximum absolute atomic E-state index is 11.4. The van der Waals surface area contributed by atoms with E-state index in [4.69, 9.17) is 9.47 Å². The molecule has 0 N–H and O–H groups in total. The molecule has 218 valence electrons. The maximum Gasteiger partial charge on any atom is 0.330 e. The standard InChI is InChI=1S/C30H32N6O4S2/c1-5-23(37)14-16-39-24-11-8-21(9-12-24)32-34-27-19-26-29(42-27)31-30(41-26)35-33-25-13-10-22(18-20(25)4)36(7-3)15-17-40-28(38)6-2/h6,8-13,18-19H,2,5,7,14-17H2,1,3-4H3. The Kier molecular flexibility index (Phi) is 11.0. The van der Waals surface area contributed by atoms with Crippen LogP contribution in [0, 0.1) is 6.92 Å². The highest BCUT2D eigenvalue weighted by atomic mass is 32.1. The molecule has 2 aromatic heterocycles. The highest BCUT2D eigenvalue weighted by molar-refractivity contribution is 7.30. The van der Waals surface area contributed by atoms with Gasteiger partial charge in [-0.1, -0.05) is 36.2 Å². The zero-order chi connectivity index (χ0) is 29.9. The van der Waals surface area contributed by atoms with E-state index in [2.05, 4.69) is 36.9 Å². The summed E-state index contributed by atoms with van der Waals surface area (Å²) in [6.07, 6.45) is 2.10. The smallest absolute Gasteiger partial charge is 0.330 e. The van der Waals surface area contributed by atoms with Crippen molar-refractivity contribution in [3.05, 3.63) is 66.7 Å². The number of aryl methyl sites for hydroxylation is 1. The van der Waals surface area contributed by atoms with Gasteiger partial charge in [-0.25, -0.2) is 9.78 Å². The molecule has 0 unspecified atom stereocenters. The molecule has 0 aliphatic heterocycles. The number of nitrogens with zero attached hydrogens (tertiary/aromatic N) is 6. The number of likely N-dealkylation sites (N-methyl/N-ethyl adjacent to an activating group) is 1. The quantitative estimate of drug-likeness (QED) is 0.0760. The number of rotatable bonds is 15. The van der Waals surface area contributed by atoms with Crippen LogP contribution in [0.15, 0.2) is 81.6 Å². The molecule has 0 radical (unpaired) electrons. The topological polar surface area (TPSA) is 118 Å². The molecule has 10 nitrogen and oxygen atoms in total. The lowest BCUT2D eigenvalue weighted by Crippen LogP contribution is -2.27. The van der Waals surface area contributed by atoms with Crippen molar-refractivity contribution in [1.82, 2.24) is 4.98 Å². The van der Waals surface area contributed by atoms with Gasteiger partial charge in [0, 0.05) is 31.1 Å². The Morgan fingerprint density at radius 3 is 2.50 bits per heavy atom. The normalized spacial score (nSPS) is 11.4. The summed E-state index contributed by atoms with van der Waals surface area (Å²) in [7, 11) is 0. The van der Waals surface area contributed by atoms with Gasteiger partial charge in [0.1, 0.15) is 28.0 Å². The van der Waals surface area contributed by atoms with Gasteiger partial charge in [-0.15, -0.1) is 20.5 Å². The van der Waals surface area contributed by atoms with Gasteiger partial charge < -0.3 is 14.4 Å². The molecule has 0 fully saturated rings. The number of benzene rings is 2. The van der Waals surface area contributed by atoms with Crippen molar-refractivity contribution in [2.24, 2.45) is 20.5 Å². The number of Topliss-reactive ketones (excluding diaryl/α,β-unsaturated/α-hetero) is 1. The summed E-state index contributed by atoms with van der Waals surface area (Å²) in [5.74, 6) is 0.454. The second-order valence-corrected chi connectivity index (χ2v) is 11.1. The van der Waals surface area contributed by atoms with Gasteiger partial charge in [0.15, 0.2) is 0 Å². The minimum Gasteiger partial charge on any atom is -0.493 e. The van der Waals surface area contributed by atoms with Crippen LogP contribution in [0.5, 0.6) is 5.75 Å². The number of thiazole rings is 1. The number of carbonyl (C=O) groups is 2. The van der Waals surface area contributed by atoms with E-state index < -0.39 is 5.97 Å². The fourth-order valence-electron chi connectivity index (χ4n) is 3.81. The summed E-state index contributed by atoms with van der Waals surface area (Å²) in [5, 5.41) is 18.7. The van der Waals surface area contributed by atoms with Crippen molar-refractivity contribution in [2.75, 3.05) is 31.2 Å². The number of hydrogen-bond donors (Lipinski definition) is 0. The summed E-state index contributed by atoms with van der Waals surface area (Å²) in [6, 6.07) is 15.2. The highest BCUT2D eigenvalue weighted by Crippen LogP contribution is 2.39. The summed E-state index contributed by atoms with van der Waals surface area (Å²) in [4.78, 5) is 30.2. The monoisotopic (exact) mass is 604 g/mol. The van der Waals surface area contributed by atoms with Crippen LogP contribution in [0.4, 0.5) is 27.2 Å². The number of esters is 1. The number of azo groups is 2. The van der Waals surface area contributed by atoms with E-state index in [1.54, 1.807) is 0 Å². The number of aromatic nitrogens is 1. The first-order valence-corrected chi connectivity index (χ1v) is 15.1. The Hall–Kier alpha value is -4.29. The molecular formula is C30H32N6O4S2. The first kappa shape index (κ1) is 30.7. The summed E-state index contributed by atoms with van der Waals surface area (Å²) in [5.41, 5.74) is 3.45. The third kappa shape index (κ3) is 8.60. The van der Waals surface area contributed by atoms with Crippen LogP contribution in [0.2, 0.25) is 0 Å². The fourth-order valence-corrected chi connectivity index (χ4v) is 5.66. The summed E-state index contributed by atoms with van der Waals surface area (Å²) >= 11 is 2.88. The van der Waals surface area contributed by atoms with Crippen LogP contribution in [0.1, 0.15) is 32.3 Å². The van der Waals surface area contributed by atoms with Crippen molar-refractivity contribution in [3.8, 4) is 5.75 Å². The Morgan fingerprint density at radius 2 is 1.81 bits per heavy atom. The zero-order valence-electron chi connectivity index (χ0n) is 23.8. The summed E-state index contributed by atoms with van der Waals surface area (Å²) < 4.78 is 11.7. The number of hydrogen-bond acceptors (Lipinski definition) is 12. The van der Waals surface area contributed by atoms with Gasteiger partial charge in [0.05, 0.1) is 29.2 Å². The average Bonchev–Trinajstić information content (AvgIpc) is 3.56. The largest absolute Gasteiger partial charge is 0.493 e. The van der Waals surface area contributed by atoms with E-state index in [1.807, 2.05) is 69.3 Å². The Balaban J connectivity index is 1.33. The molecule has 2 aromatic carbocycles. The molecule has 0 spiro atoms. The molecule has 0 aliphatic rings. The number of ether oxygens (including phenoxy) is 2. The highest BCUT2D eigenvalue weighted by Gasteiger charge is 2.10. The molecule has 0 saturated heterocycles. The predicted octanol–water partition coefficient (Wildman–Crippen LogP) is 8.80. The van der Waals surface area contributed by atoms with Crippen LogP contribution in [0.25, 0.3) is 9.53 Å². The Labute approximate surface area is 252 Å². The molecule has 42 heavy (non-hydrogen) atoms. The van der Waals surface area contributed by atoms with Gasteiger partial charge in [-0.2, -0.15) is 0 Å². The second kappa shape index (κ2) is 15.1. The minimum atomic E-state index is -0.424. The SMILES string of the molecule is C=CC(=O)OCCN(CC)c1ccc(N=Nc2nc3sc(N=Nc4ccc(OCCC(=O)CC)cc4)cc3s2)c(C)c1. The number of ketones is 1. The van der Waals surface area contributed by atoms with E-state index >= 15 is 0 Å². The molecule has 0 atom stereocenters. The third-order valence-electron chi connectivity index (χ3n) is 6.15. The van der Waals surface area contributed by atoms with Crippen molar-refractivity contribution in [1.29, 1.82) is 0 Å². The summed E-state index contributed by atoms with van der Waals surface area (Å²) in [6.45, 7) is 11.3. The minimum absolute atomic E-state index is 0.185. The van der Waals surface area contributed by atoms with E-state index in [0.717, 1.165) is 44.1 Å².